The summed E-state index contributed by atoms with van der Waals surface area (Å²) in [5.74, 6) is -0.561. The maximum Gasteiger partial charge on any atom is 0.341 e. The average Bonchev–Trinajstić information content (AvgIpc) is 3.13. The molecule has 0 saturated carbocycles. The molecule has 1 aromatic heterocycles. The summed E-state index contributed by atoms with van der Waals surface area (Å²) in [6.45, 7) is 8.45. The van der Waals surface area contributed by atoms with Crippen molar-refractivity contribution in [1.29, 1.82) is 0 Å². The van der Waals surface area contributed by atoms with Gasteiger partial charge in [0.1, 0.15) is 5.00 Å². The van der Waals surface area contributed by atoms with Crippen LogP contribution in [-0.4, -0.2) is 29.9 Å². The van der Waals surface area contributed by atoms with E-state index in [1.54, 1.807) is 6.92 Å². The first kappa shape index (κ1) is 22.2. The van der Waals surface area contributed by atoms with Gasteiger partial charge in [-0.2, -0.15) is 0 Å². The fourth-order valence-corrected chi connectivity index (χ4v) is 5.36. The fraction of sp³-hybridized carbons (Fsp3) is 0.308. The lowest BCUT2D eigenvalue weighted by atomic mass is 10.0. The van der Waals surface area contributed by atoms with Crippen LogP contribution in [0.2, 0.25) is 0 Å². The highest BCUT2D eigenvalue weighted by molar-refractivity contribution is 7.17. The van der Waals surface area contributed by atoms with Crippen molar-refractivity contribution in [3.05, 3.63) is 86.8 Å². The Morgan fingerprint density at radius 3 is 2.66 bits per heavy atom. The number of hydrogen-bond donors (Lipinski definition) is 1. The number of hydrogen-bond acceptors (Lipinski definition) is 5. The second kappa shape index (κ2) is 9.67. The minimum Gasteiger partial charge on any atom is -0.462 e. The number of benzene rings is 2. The second-order valence-corrected chi connectivity index (χ2v) is 9.25. The summed E-state index contributed by atoms with van der Waals surface area (Å²) >= 11 is 1.49. The molecular weight excluding hydrogens is 420 g/mol. The van der Waals surface area contributed by atoms with Crippen molar-refractivity contribution < 1.29 is 14.3 Å². The highest BCUT2D eigenvalue weighted by atomic mass is 32.1. The highest BCUT2D eigenvalue weighted by Crippen LogP contribution is 2.38. The Hall–Kier alpha value is -2.96. The van der Waals surface area contributed by atoms with Crippen molar-refractivity contribution in [3.63, 3.8) is 0 Å². The minimum atomic E-state index is -0.363. The molecule has 2 heterocycles. The molecule has 0 atom stereocenters. The predicted molar refractivity (Wildman–Crippen MR) is 128 cm³/mol. The molecule has 6 heteroatoms. The number of aryl methyl sites for hydroxylation is 2. The van der Waals surface area contributed by atoms with Gasteiger partial charge in [0.15, 0.2) is 0 Å². The van der Waals surface area contributed by atoms with Crippen LogP contribution in [0, 0.1) is 13.8 Å². The number of esters is 1. The van der Waals surface area contributed by atoms with Crippen LogP contribution < -0.4 is 5.32 Å². The molecule has 1 N–H and O–H groups in total. The quantitative estimate of drug-likeness (QED) is 0.516. The maximum absolute atomic E-state index is 13.1. The van der Waals surface area contributed by atoms with Crippen LogP contribution in [0.25, 0.3) is 0 Å². The van der Waals surface area contributed by atoms with Crippen molar-refractivity contribution in [1.82, 2.24) is 4.90 Å². The Balaban J connectivity index is 1.62. The van der Waals surface area contributed by atoms with Crippen molar-refractivity contribution >= 4 is 28.2 Å². The van der Waals surface area contributed by atoms with Crippen molar-refractivity contribution in [2.24, 2.45) is 0 Å². The molecule has 5 nitrogen and oxygen atoms in total. The number of nitrogens with zero attached hydrogens (tertiary/aromatic N) is 1. The van der Waals surface area contributed by atoms with Crippen molar-refractivity contribution in [2.75, 3.05) is 18.5 Å². The number of nitrogens with one attached hydrogen (secondary N) is 1. The Morgan fingerprint density at radius 2 is 1.91 bits per heavy atom. The van der Waals surface area contributed by atoms with Gasteiger partial charge in [0.2, 0.25) is 0 Å². The van der Waals surface area contributed by atoms with Crippen LogP contribution in [0.15, 0.2) is 48.5 Å². The van der Waals surface area contributed by atoms with E-state index in [9.17, 15) is 9.59 Å². The van der Waals surface area contributed by atoms with Gasteiger partial charge in [-0.25, -0.2) is 4.79 Å². The zero-order valence-corrected chi connectivity index (χ0v) is 19.6. The molecule has 32 heavy (non-hydrogen) atoms. The summed E-state index contributed by atoms with van der Waals surface area (Å²) in [7, 11) is 0. The fourth-order valence-electron chi connectivity index (χ4n) is 4.09. The van der Waals surface area contributed by atoms with Gasteiger partial charge in [-0.15, -0.1) is 11.3 Å². The lowest BCUT2D eigenvalue weighted by Gasteiger charge is -2.27. The van der Waals surface area contributed by atoms with E-state index < -0.39 is 0 Å². The van der Waals surface area contributed by atoms with E-state index in [-0.39, 0.29) is 11.9 Å². The molecule has 1 aliphatic rings. The summed E-state index contributed by atoms with van der Waals surface area (Å²) in [5.41, 5.74) is 5.34. The van der Waals surface area contributed by atoms with Crippen molar-refractivity contribution in [2.45, 2.75) is 40.3 Å². The molecular formula is C26H28N2O3S. The van der Waals surface area contributed by atoms with Gasteiger partial charge in [-0.1, -0.05) is 48.0 Å². The van der Waals surface area contributed by atoms with E-state index >= 15 is 0 Å². The number of carbonyl (C=O) groups excluding carboxylic acids is 2. The van der Waals surface area contributed by atoms with Crippen LogP contribution in [0.4, 0.5) is 5.00 Å². The van der Waals surface area contributed by atoms with E-state index in [2.05, 4.69) is 34.5 Å². The van der Waals surface area contributed by atoms with Gasteiger partial charge in [-0.3, -0.25) is 9.69 Å². The first-order valence-corrected chi connectivity index (χ1v) is 11.7. The van der Waals surface area contributed by atoms with Gasteiger partial charge in [0.25, 0.3) is 5.91 Å². The lowest BCUT2D eigenvalue weighted by Crippen LogP contribution is -2.29. The Bertz CT molecular complexity index is 1140. The van der Waals surface area contributed by atoms with Crippen LogP contribution in [0.1, 0.15) is 54.8 Å². The van der Waals surface area contributed by atoms with Gasteiger partial charge in [0, 0.05) is 30.1 Å². The van der Waals surface area contributed by atoms with E-state index in [0.717, 1.165) is 47.6 Å². The summed E-state index contributed by atoms with van der Waals surface area (Å²) in [6, 6.07) is 16.2. The predicted octanol–water partition coefficient (Wildman–Crippen LogP) is 5.35. The molecule has 0 radical (unpaired) electrons. The van der Waals surface area contributed by atoms with Crippen LogP contribution in [0.3, 0.4) is 0 Å². The molecule has 0 saturated heterocycles. The van der Waals surface area contributed by atoms with E-state index in [4.69, 9.17) is 4.74 Å². The van der Waals surface area contributed by atoms with E-state index in [1.807, 2.05) is 38.1 Å². The van der Waals surface area contributed by atoms with Gasteiger partial charge < -0.3 is 10.1 Å². The molecule has 166 valence electrons. The third-order valence-corrected chi connectivity index (χ3v) is 6.86. The molecule has 2 aromatic carbocycles. The molecule has 0 aliphatic carbocycles. The molecule has 0 unspecified atom stereocenters. The smallest absolute Gasteiger partial charge is 0.341 e. The average molecular weight is 449 g/mol. The molecule has 0 fully saturated rings. The number of amides is 1. The molecule has 0 bridgehead atoms. The number of anilines is 1. The molecule has 0 spiro atoms. The van der Waals surface area contributed by atoms with E-state index in [0.29, 0.717) is 22.7 Å². The molecule has 1 amide bonds. The standard InChI is InChI=1S/C26H28N2O3S/c1-4-31-26(30)23-20-12-13-28(15-19-8-6-5-7-9-19)16-22(20)32-25(23)27-24(29)21-14-17(2)10-11-18(21)3/h5-11,14H,4,12-13,15-16H2,1-3H3,(H,27,29). The topological polar surface area (TPSA) is 58.6 Å². The Morgan fingerprint density at radius 1 is 1.12 bits per heavy atom. The van der Waals surface area contributed by atoms with Crippen molar-refractivity contribution in [3.8, 4) is 0 Å². The minimum absolute atomic E-state index is 0.198. The second-order valence-electron chi connectivity index (χ2n) is 8.15. The number of fused-ring (bicyclic) bond motifs is 1. The Labute approximate surface area is 193 Å². The molecule has 4 rings (SSSR count). The van der Waals surface area contributed by atoms with E-state index in [1.165, 1.54) is 16.9 Å². The zero-order valence-electron chi connectivity index (χ0n) is 18.7. The zero-order chi connectivity index (χ0) is 22.7. The lowest BCUT2D eigenvalue weighted by molar-refractivity contribution is 0.0526. The summed E-state index contributed by atoms with van der Waals surface area (Å²) in [6.07, 6.45) is 0.756. The molecule has 3 aromatic rings. The van der Waals surface area contributed by atoms with Gasteiger partial charge >= 0.3 is 5.97 Å². The number of ether oxygens (including phenoxy) is 1. The van der Waals surface area contributed by atoms with Gasteiger partial charge in [-0.05, 0) is 49.9 Å². The summed E-state index contributed by atoms with van der Waals surface area (Å²) in [5, 5.41) is 3.60. The Kier molecular flexibility index (Phi) is 6.72. The summed E-state index contributed by atoms with van der Waals surface area (Å²) in [4.78, 5) is 29.4. The number of carbonyl (C=O) groups is 2. The van der Waals surface area contributed by atoms with Crippen LogP contribution in [0.5, 0.6) is 0 Å². The maximum atomic E-state index is 13.1. The highest BCUT2D eigenvalue weighted by Gasteiger charge is 2.30. The van der Waals surface area contributed by atoms with Crippen LogP contribution >= 0.6 is 11.3 Å². The molecule has 1 aliphatic heterocycles. The number of rotatable bonds is 6. The van der Waals surface area contributed by atoms with Gasteiger partial charge in [0.05, 0.1) is 12.2 Å². The summed E-state index contributed by atoms with van der Waals surface area (Å²) < 4.78 is 5.35. The third kappa shape index (κ3) is 4.76. The number of thiophene rings is 1. The largest absolute Gasteiger partial charge is 0.462 e. The van der Waals surface area contributed by atoms with Crippen LogP contribution in [-0.2, 0) is 24.2 Å². The monoisotopic (exact) mass is 448 g/mol. The first-order chi connectivity index (χ1) is 15.5. The third-order valence-electron chi connectivity index (χ3n) is 5.73. The first-order valence-electron chi connectivity index (χ1n) is 10.9. The SMILES string of the molecule is CCOC(=O)c1c(NC(=O)c2cc(C)ccc2C)sc2c1CCN(Cc1ccccc1)C2. The normalized spacial score (nSPS) is 13.5.